The van der Waals surface area contributed by atoms with Gasteiger partial charge in [0.1, 0.15) is 6.04 Å². The van der Waals surface area contributed by atoms with Gasteiger partial charge in [0, 0.05) is 22.7 Å². The van der Waals surface area contributed by atoms with Gasteiger partial charge in [0.2, 0.25) is 11.8 Å². The Morgan fingerprint density at radius 2 is 2.12 bits per heavy atom. The first-order chi connectivity index (χ1) is 15.2. The van der Waals surface area contributed by atoms with Crippen molar-refractivity contribution in [1.82, 2.24) is 9.80 Å². The minimum Gasteiger partial charge on any atom is -0.466 e. The van der Waals surface area contributed by atoms with Gasteiger partial charge in [-0.15, -0.1) is 18.3 Å². The lowest BCUT2D eigenvalue weighted by molar-refractivity contribution is -0.154. The van der Waals surface area contributed by atoms with E-state index in [1.165, 1.54) is 0 Å². The molecule has 3 aliphatic heterocycles. The van der Waals surface area contributed by atoms with Crippen molar-refractivity contribution in [2.24, 2.45) is 11.8 Å². The first-order valence-corrected chi connectivity index (χ1v) is 13.3. The van der Waals surface area contributed by atoms with E-state index in [0.29, 0.717) is 13.0 Å². The second-order valence-corrected chi connectivity index (χ2v) is 11.8. The van der Waals surface area contributed by atoms with E-state index >= 15 is 0 Å². The molecule has 1 spiro atoms. The highest BCUT2D eigenvalue weighted by Gasteiger charge is 2.76. The van der Waals surface area contributed by atoms with Crippen molar-refractivity contribution in [3.8, 4) is 0 Å². The van der Waals surface area contributed by atoms with Gasteiger partial charge in [-0.3, -0.25) is 14.4 Å². The molecular weight excluding hydrogens is 496 g/mol. The minimum absolute atomic E-state index is 0.00607. The monoisotopic (exact) mass is 530 g/mol. The molecule has 1 N–H and O–H groups in total. The minimum atomic E-state index is -0.740. The number of rotatable bonds is 10. The van der Waals surface area contributed by atoms with Crippen LogP contribution >= 0.6 is 27.7 Å². The summed E-state index contributed by atoms with van der Waals surface area (Å²) >= 11 is 5.32. The lowest BCUT2D eigenvalue weighted by Gasteiger charge is -2.40. The van der Waals surface area contributed by atoms with Gasteiger partial charge in [0.05, 0.1) is 35.8 Å². The van der Waals surface area contributed by atoms with E-state index in [2.05, 4.69) is 29.4 Å². The van der Waals surface area contributed by atoms with Crippen LogP contribution in [0.2, 0.25) is 0 Å². The Bertz CT molecular complexity index is 767. The zero-order valence-electron chi connectivity index (χ0n) is 19.3. The van der Waals surface area contributed by atoms with Crippen molar-refractivity contribution in [1.29, 1.82) is 0 Å². The third-order valence-corrected chi connectivity index (χ3v) is 10.3. The Hall–Kier alpha value is -1.06. The maximum atomic E-state index is 14.1. The van der Waals surface area contributed by atoms with Crippen LogP contribution in [0.5, 0.6) is 0 Å². The number of carbonyl (C=O) groups excluding carboxylic acids is 3. The maximum absolute atomic E-state index is 14.1. The molecule has 32 heavy (non-hydrogen) atoms. The molecular formula is C23H35BrN2O5S. The number of nitrogens with zero attached hydrogens (tertiary/aromatic N) is 2. The van der Waals surface area contributed by atoms with Gasteiger partial charge in [-0.05, 0) is 33.6 Å². The number of thioether (sulfide) groups is 1. The topological polar surface area (TPSA) is 87.2 Å². The molecule has 180 valence electrons. The summed E-state index contributed by atoms with van der Waals surface area (Å²) in [6.45, 7) is 11.8. The molecule has 0 aromatic carbocycles. The van der Waals surface area contributed by atoms with Gasteiger partial charge in [-0.25, -0.2) is 0 Å². The predicted octanol–water partition coefficient (Wildman–Crippen LogP) is 2.60. The number of hydrogen-bond donors (Lipinski definition) is 1. The summed E-state index contributed by atoms with van der Waals surface area (Å²) in [6, 6.07) is -1.28. The molecule has 3 heterocycles. The number of halogens is 1. The molecule has 0 aromatic rings. The molecule has 2 amide bonds. The average molecular weight is 532 g/mol. The predicted molar refractivity (Wildman–Crippen MR) is 129 cm³/mol. The Labute approximate surface area is 203 Å². The maximum Gasteiger partial charge on any atom is 0.310 e. The normalized spacial score (nSPS) is 34.9. The number of hydrogen-bond acceptors (Lipinski definition) is 6. The Morgan fingerprint density at radius 3 is 2.69 bits per heavy atom. The number of alkyl halides is 1. The summed E-state index contributed by atoms with van der Waals surface area (Å²) in [5, 5.41) is 9.83. The smallest absolute Gasteiger partial charge is 0.310 e. The lowest BCUT2D eigenvalue weighted by Crippen LogP contribution is -2.58. The number of carbonyl (C=O) groups is 3. The van der Waals surface area contributed by atoms with Gasteiger partial charge in [-0.1, -0.05) is 35.4 Å². The fourth-order valence-corrected chi connectivity index (χ4v) is 9.35. The number of amides is 2. The van der Waals surface area contributed by atoms with E-state index in [9.17, 15) is 19.5 Å². The van der Waals surface area contributed by atoms with Crippen LogP contribution in [0, 0.1) is 11.8 Å². The van der Waals surface area contributed by atoms with E-state index in [-0.39, 0.29) is 47.1 Å². The SMILES string of the molecule is C=CCN(C(=O)C1N([C@H](C)CO)C(=O)[C@@H]2[C@@H](C(=O)OCC)[C@@H]3SC12CC3Br)C(C)CCC. The van der Waals surface area contributed by atoms with E-state index < -0.39 is 28.7 Å². The Balaban J connectivity index is 2.09. The van der Waals surface area contributed by atoms with E-state index in [1.807, 2.05) is 6.92 Å². The zero-order chi connectivity index (χ0) is 23.8. The van der Waals surface area contributed by atoms with E-state index in [0.717, 1.165) is 12.8 Å². The number of ether oxygens (including phenoxy) is 1. The van der Waals surface area contributed by atoms with Crippen molar-refractivity contribution in [3.63, 3.8) is 0 Å². The molecule has 4 unspecified atom stereocenters. The van der Waals surface area contributed by atoms with Gasteiger partial charge >= 0.3 is 5.97 Å². The van der Waals surface area contributed by atoms with Crippen LogP contribution in [0.3, 0.4) is 0 Å². The molecule has 3 saturated heterocycles. The van der Waals surface area contributed by atoms with Gasteiger partial charge in [0.15, 0.2) is 0 Å². The molecule has 0 aromatic heterocycles. The zero-order valence-corrected chi connectivity index (χ0v) is 21.7. The molecule has 8 atom stereocenters. The Kier molecular flexibility index (Phi) is 8.03. The fraction of sp³-hybridized carbons (Fsp3) is 0.783. The molecule has 2 bridgehead atoms. The summed E-state index contributed by atoms with van der Waals surface area (Å²) in [5.74, 6) is -1.95. The van der Waals surface area contributed by atoms with Crippen LogP contribution in [0.25, 0.3) is 0 Å². The second kappa shape index (κ2) is 10.1. The first-order valence-electron chi connectivity index (χ1n) is 11.5. The van der Waals surface area contributed by atoms with E-state index in [1.54, 1.807) is 41.5 Å². The summed E-state index contributed by atoms with van der Waals surface area (Å²) in [6.07, 6.45) is 4.10. The summed E-state index contributed by atoms with van der Waals surface area (Å²) in [5.41, 5.74) is 0. The Morgan fingerprint density at radius 1 is 1.44 bits per heavy atom. The third kappa shape index (κ3) is 3.92. The summed E-state index contributed by atoms with van der Waals surface area (Å²) in [7, 11) is 0. The summed E-state index contributed by atoms with van der Waals surface area (Å²) in [4.78, 5) is 44.2. The molecule has 3 aliphatic rings. The third-order valence-electron chi connectivity index (χ3n) is 7.11. The highest BCUT2D eigenvalue weighted by Crippen LogP contribution is 2.68. The molecule has 9 heteroatoms. The highest BCUT2D eigenvalue weighted by molar-refractivity contribution is 9.09. The number of esters is 1. The standard InChI is InChI=1S/C23H35BrN2O5S/c1-6-9-13(4)25(10-7-2)21(29)19-23-11-15(24)18(32-23)16(22(30)31-8-3)17(23)20(28)26(19)14(5)12-27/h7,13-19,27H,2,6,8-12H2,1,3-5H3/t13?,14-,15?,16-,17+,18-,19?,23?/m1/s1. The van der Waals surface area contributed by atoms with Crippen LogP contribution in [0.4, 0.5) is 0 Å². The number of likely N-dealkylation sites (tertiary alicyclic amines) is 1. The average Bonchev–Trinajstić information content (AvgIpc) is 3.34. The summed E-state index contributed by atoms with van der Waals surface area (Å²) < 4.78 is 4.63. The van der Waals surface area contributed by atoms with Gasteiger partial charge < -0.3 is 19.6 Å². The lowest BCUT2D eigenvalue weighted by atomic mass is 9.71. The van der Waals surface area contributed by atoms with Crippen molar-refractivity contribution >= 4 is 45.5 Å². The number of aliphatic hydroxyl groups is 1. The van der Waals surface area contributed by atoms with Crippen LogP contribution < -0.4 is 0 Å². The van der Waals surface area contributed by atoms with Crippen LogP contribution in [0.15, 0.2) is 12.7 Å². The van der Waals surface area contributed by atoms with Gasteiger partial charge in [0.25, 0.3) is 0 Å². The second-order valence-electron chi connectivity index (χ2n) is 9.11. The highest BCUT2D eigenvalue weighted by atomic mass is 79.9. The largest absolute Gasteiger partial charge is 0.466 e. The van der Waals surface area contributed by atoms with Gasteiger partial charge in [-0.2, -0.15) is 0 Å². The molecule has 0 aliphatic carbocycles. The van der Waals surface area contributed by atoms with Crippen molar-refractivity contribution < 1.29 is 24.2 Å². The number of fused-ring (bicyclic) bond motifs is 1. The fourth-order valence-electron chi connectivity index (χ4n) is 5.77. The van der Waals surface area contributed by atoms with Crippen molar-refractivity contribution in [2.45, 2.75) is 79.9 Å². The van der Waals surface area contributed by atoms with Crippen LogP contribution in [-0.2, 0) is 19.1 Å². The molecule has 3 fully saturated rings. The molecule has 3 rings (SSSR count). The van der Waals surface area contributed by atoms with E-state index in [4.69, 9.17) is 4.74 Å². The van der Waals surface area contributed by atoms with Crippen LogP contribution in [-0.4, -0.2) is 85.4 Å². The molecule has 7 nitrogen and oxygen atoms in total. The number of aliphatic hydroxyl groups excluding tert-OH is 1. The quantitative estimate of drug-likeness (QED) is 0.265. The first kappa shape index (κ1) is 25.6. The van der Waals surface area contributed by atoms with Crippen molar-refractivity contribution in [2.75, 3.05) is 19.8 Å². The van der Waals surface area contributed by atoms with Crippen LogP contribution in [0.1, 0.15) is 47.0 Å². The van der Waals surface area contributed by atoms with Crippen molar-refractivity contribution in [3.05, 3.63) is 12.7 Å². The molecule has 0 saturated carbocycles. The molecule has 0 radical (unpaired) electrons.